The van der Waals surface area contributed by atoms with Crippen molar-refractivity contribution >= 4 is 11.4 Å². The minimum atomic E-state index is 0.515. The monoisotopic (exact) mass is 327 g/mol. The molecule has 0 fully saturated rings. The number of fused-ring (bicyclic) bond motifs is 1. The first-order valence-corrected chi connectivity index (χ1v) is 7.91. The average molecular weight is 327 g/mol. The van der Waals surface area contributed by atoms with Crippen LogP contribution in [0.15, 0.2) is 47.5 Å². The van der Waals surface area contributed by atoms with Gasteiger partial charge in [-0.2, -0.15) is 0 Å². The van der Waals surface area contributed by atoms with Gasteiger partial charge in [-0.3, -0.25) is 4.99 Å². The lowest BCUT2D eigenvalue weighted by atomic mass is 10.0. The highest BCUT2D eigenvalue weighted by molar-refractivity contribution is 6.05. The van der Waals surface area contributed by atoms with E-state index in [1.807, 2.05) is 42.5 Å². The lowest BCUT2D eigenvalue weighted by molar-refractivity contribution is 0.146. The molecule has 5 heteroatoms. The molecule has 0 atom stereocenters. The topological polar surface area (TPSA) is 49.3 Å². The molecule has 0 saturated carbocycles. The Kier molecular flexibility index (Phi) is 5.33. The normalized spacial score (nSPS) is 14.8. The zero-order chi connectivity index (χ0) is 16.8. The average Bonchev–Trinajstić information content (AvgIpc) is 2.63. The Morgan fingerprint density at radius 3 is 2.54 bits per heavy atom. The summed E-state index contributed by atoms with van der Waals surface area (Å²) in [6.07, 6.45) is 0.764. The lowest BCUT2D eigenvalue weighted by Gasteiger charge is -2.20. The first-order chi connectivity index (χ1) is 11.8. The second-order valence-corrected chi connectivity index (χ2v) is 5.35. The molecule has 2 aromatic carbocycles. The molecule has 0 aromatic heterocycles. The molecule has 5 nitrogen and oxygen atoms in total. The van der Waals surface area contributed by atoms with E-state index in [-0.39, 0.29) is 0 Å². The highest BCUT2D eigenvalue weighted by Crippen LogP contribution is 2.31. The second-order valence-electron chi connectivity index (χ2n) is 5.35. The first-order valence-electron chi connectivity index (χ1n) is 7.91. The molecule has 1 heterocycles. The zero-order valence-corrected chi connectivity index (χ0v) is 14.0. The van der Waals surface area contributed by atoms with E-state index in [1.54, 1.807) is 14.2 Å². The number of rotatable bonds is 6. The molecule has 126 valence electrons. The second kappa shape index (κ2) is 7.84. The summed E-state index contributed by atoms with van der Waals surface area (Å²) in [6.45, 7) is 1.70. The van der Waals surface area contributed by atoms with Crippen LogP contribution in [0.5, 0.6) is 17.2 Å². The van der Waals surface area contributed by atoms with E-state index >= 15 is 0 Å². The molecule has 24 heavy (non-hydrogen) atoms. The van der Waals surface area contributed by atoms with Crippen LogP contribution in [-0.4, -0.2) is 39.8 Å². The van der Waals surface area contributed by atoms with Crippen molar-refractivity contribution in [3.05, 3.63) is 48.0 Å². The summed E-state index contributed by atoms with van der Waals surface area (Å²) in [5, 5.41) is 0. The summed E-state index contributed by atoms with van der Waals surface area (Å²) in [5.41, 5.74) is 2.87. The van der Waals surface area contributed by atoms with Gasteiger partial charge in [-0.05, 0) is 42.5 Å². The van der Waals surface area contributed by atoms with Crippen molar-refractivity contribution in [2.24, 2.45) is 4.99 Å². The van der Waals surface area contributed by atoms with Gasteiger partial charge in [-0.1, -0.05) is 0 Å². The number of hydrogen-bond acceptors (Lipinski definition) is 5. The van der Waals surface area contributed by atoms with Gasteiger partial charge in [0.1, 0.15) is 23.9 Å². The number of nitrogens with zero attached hydrogens (tertiary/aromatic N) is 1. The van der Waals surface area contributed by atoms with Crippen LogP contribution in [0, 0.1) is 0 Å². The molecule has 1 aliphatic heterocycles. The van der Waals surface area contributed by atoms with E-state index in [4.69, 9.17) is 23.9 Å². The van der Waals surface area contributed by atoms with Crippen molar-refractivity contribution in [2.75, 3.05) is 34.0 Å². The van der Waals surface area contributed by atoms with Crippen molar-refractivity contribution in [3.8, 4) is 17.2 Å². The number of hydrogen-bond donors (Lipinski definition) is 0. The maximum atomic E-state index is 5.73. The van der Waals surface area contributed by atoms with Crippen LogP contribution in [0.4, 0.5) is 5.69 Å². The fourth-order valence-electron chi connectivity index (χ4n) is 2.51. The number of benzene rings is 2. The van der Waals surface area contributed by atoms with E-state index < -0.39 is 0 Å². The smallest absolute Gasteiger partial charge is 0.128 e. The molecule has 1 aliphatic rings. The summed E-state index contributed by atoms with van der Waals surface area (Å²) < 4.78 is 21.6. The summed E-state index contributed by atoms with van der Waals surface area (Å²) in [6, 6.07) is 13.5. The predicted molar refractivity (Wildman–Crippen MR) is 93.1 cm³/mol. The molecule has 3 rings (SSSR count). The van der Waals surface area contributed by atoms with E-state index in [0.717, 1.165) is 40.6 Å². The Morgan fingerprint density at radius 2 is 1.79 bits per heavy atom. The van der Waals surface area contributed by atoms with Gasteiger partial charge in [0, 0.05) is 19.1 Å². The van der Waals surface area contributed by atoms with Crippen LogP contribution in [-0.2, 0) is 4.74 Å². The third-order valence-corrected chi connectivity index (χ3v) is 3.75. The zero-order valence-electron chi connectivity index (χ0n) is 14.0. The van der Waals surface area contributed by atoms with Crippen molar-refractivity contribution in [1.82, 2.24) is 0 Å². The SMILES string of the molecule is COCCOc1ccc2c(c1)/C(=N/c1ccc(OC)cc1)CCO2. The Bertz CT molecular complexity index is 710. The standard InChI is InChI=1S/C19H21NO4/c1-21-11-12-23-16-7-8-19-17(13-16)18(9-10-24-19)20-14-3-5-15(22-2)6-4-14/h3-8,13H,9-12H2,1-2H3/b20-18+. The van der Waals surface area contributed by atoms with Gasteiger partial charge in [0.2, 0.25) is 0 Å². The Labute approximate surface area is 141 Å². The predicted octanol–water partition coefficient (Wildman–Crippen LogP) is 3.62. The van der Waals surface area contributed by atoms with Crippen LogP contribution in [0.2, 0.25) is 0 Å². The maximum absolute atomic E-state index is 5.73. The van der Waals surface area contributed by atoms with Crippen LogP contribution >= 0.6 is 0 Å². The van der Waals surface area contributed by atoms with Gasteiger partial charge < -0.3 is 18.9 Å². The van der Waals surface area contributed by atoms with Crippen molar-refractivity contribution in [3.63, 3.8) is 0 Å². The summed E-state index contributed by atoms with van der Waals surface area (Å²) >= 11 is 0. The molecule has 0 aliphatic carbocycles. The third-order valence-electron chi connectivity index (χ3n) is 3.75. The Morgan fingerprint density at radius 1 is 1.00 bits per heavy atom. The number of aliphatic imine (C=N–C) groups is 1. The summed E-state index contributed by atoms with van der Waals surface area (Å²) in [5.74, 6) is 2.45. The molecule has 0 radical (unpaired) electrons. The molecular formula is C19H21NO4. The molecule has 2 aromatic rings. The summed E-state index contributed by atoms with van der Waals surface area (Å²) in [7, 11) is 3.31. The van der Waals surface area contributed by atoms with Gasteiger partial charge in [0.15, 0.2) is 0 Å². The molecule has 0 bridgehead atoms. The van der Waals surface area contributed by atoms with Gasteiger partial charge in [0.05, 0.1) is 31.7 Å². The lowest BCUT2D eigenvalue weighted by Crippen LogP contribution is -2.16. The third kappa shape index (κ3) is 3.86. The summed E-state index contributed by atoms with van der Waals surface area (Å²) in [4.78, 5) is 4.77. The van der Waals surface area contributed by atoms with E-state index in [2.05, 4.69) is 0 Å². The van der Waals surface area contributed by atoms with Crippen LogP contribution in [0.1, 0.15) is 12.0 Å². The quantitative estimate of drug-likeness (QED) is 0.760. The Balaban J connectivity index is 1.85. The molecule has 0 spiro atoms. The Hall–Kier alpha value is -2.53. The first kappa shape index (κ1) is 16.3. The van der Waals surface area contributed by atoms with E-state index in [9.17, 15) is 0 Å². The molecule has 0 N–H and O–H groups in total. The highest BCUT2D eigenvalue weighted by Gasteiger charge is 2.18. The highest BCUT2D eigenvalue weighted by atomic mass is 16.5. The minimum Gasteiger partial charge on any atom is -0.497 e. The minimum absolute atomic E-state index is 0.515. The number of ether oxygens (including phenoxy) is 4. The molecular weight excluding hydrogens is 306 g/mol. The van der Waals surface area contributed by atoms with Crippen molar-refractivity contribution in [1.29, 1.82) is 0 Å². The maximum Gasteiger partial charge on any atom is 0.128 e. The van der Waals surface area contributed by atoms with Gasteiger partial charge in [-0.15, -0.1) is 0 Å². The largest absolute Gasteiger partial charge is 0.497 e. The van der Waals surface area contributed by atoms with Crippen molar-refractivity contribution < 1.29 is 18.9 Å². The van der Waals surface area contributed by atoms with Crippen LogP contribution < -0.4 is 14.2 Å². The molecule has 0 amide bonds. The van der Waals surface area contributed by atoms with Crippen LogP contribution in [0.25, 0.3) is 0 Å². The fraction of sp³-hybridized carbons (Fsp3) is 0.316. The van der Waals surface area contributed by atoms with E-state index in [1.165, 1.54) is 0 Å². The van der Waals surface area contributed by atoms with Crippen molar-refractivity contribution in [2.45, 2.75) is 6.42 Å². The van der Waals surface area contributed by atoms with Gasteiger partial charge >= 0.3 is 0 Å². The van der Waals surface area contributed by atoms with E-state index in [0.29, 0.717) is 19.8 Å². The van der Waals surface area contributed by atoms with Crippen LogP contribution in [0.3, 0.4) is 0 Å². The van der Waals surface area contributed by atoms with Gasteiger partial charge in [-0.25, -0.2) is 0 Å². The molecule has 0 saturated heterocycles. The van der Waals surface area contributed by atoms with Gasteiger partial charge in [0.25, 0.3) is 0 Å². The molecule has 0 unspecified atom stereocenters. The fourth-order valence-corrected chi connectivity index (χ4v) is 2.51. The number of methoxy groups -OCH3 is 2.